The number of hydrogen-bond acceptors (Lipinski definition) is 6. The second-order valence-electron chi connectivity index (χ2n) is 9.07. The molecule has 38 heavy (non-hydrogen) atoms. The number of tetrazole rings is 1. The lowest BCUT2D eigenvalue weighted by Crippen LogP contribution is -2.13. The number of carboxylic acids is 1. The molecule has 3 heterocycles. The Morgan fingerprint density at radius 1 is 1.05 bits per heavy atom. The van der Waals surface area contributed by atoms with Crippen LogP contribution in [0.3, 0.4) is 0 Å². The van der Waals surface area contributed by atoms with E-state index in [1.165, 1.54) is 0 Å². The minimum absolute atomic E-state index is 0.0135. The number of imidazole rings is 1. The van der Waals surface area contributed by atoms with E-state index in [0.29, 0.717) is 24.6 Å². The Hall–Kier alpha value is -4.37. The lowest BCUT2D eigenvalue weighted by molar-refractivity contribution is 0.0685. The maximum absolute atomic E-state index is 11.9. The number of H-pyrrole nitrogens is 1. The van der Waals surface area contributed by atoms with Crippen molar-refractivity contribution in [2.45, 2.75) is 39.7 Å². The first kappa shape index (κ1) is 25.3. The highest BCUT2D eigenvalue weighted by Crippen LogP contribution is 2.34. The number of benzene rings is 2. The highest BCUT2D eigenvalue weighted by Gasteiger charge is 2.21. The topological polar surface area (TPSA) is 122 Å². The maximum Gasteiger partial charge on any atom is 0.355 e. The number of carboxylic acid groups (broad SMARTS) is 1. The lowest BCUT2D eigenvalue weighted by Gasteiger charge is -2.13. The van der Waals surface area contributed by atoms with E-state index in [-0.39, 0.29) is 10.8 Å². The van der Waals surface area contributed by atoms with Crippen LogP contribution in [0.4, 0.5) is 0 Å². The molecule has 0 atom stereocenters. The van der Waals surface area contributed by atoms with Crippen LogP contribution < -0.4 is 0 Å². The maximum atomic E-state index is 11.9. The molecule has 5 aromatic rings. The Bertz CT molecular complexity index is 1580. The zero-order valence-corrected chi connectivity index (χ0v) is 21.8. The normalized spacial score (nSPS) is 11.1. The summed E-state index contributed by atoms with van der Waals surface area (Å²) in [4.78, 5) is 20.8. The van der Waals surface area contributed by atoms with Gasteiger partial charge in [-0.3, -0.25) is 4.98 Å². The van der Waals surface area contributed by atoms with Crippen molar-refractivity contribution in [1.82, 2.24) is 35.2 Å². The van der Waals surface area contributed by atoms with Crippen molar-refractivity contribution in [3.8, 4) is 33.8 Å². The Kier molecular flexibility index (Phi) is 7.28. The summed E-state index contributed by atoms with van der Waals surface area (Å²) in [6.45, 7) is 4.47. The number of carbonyl (C=O) groups is 1. The molecule has 192 valence electrons. The third-order valence-electron chi connectivity index (χ3n) is 6.38. The highest BCUT2D eigenvalue weighted by atomic mass is 35.5. The van der Waals surface area contributed by atoms with Gasteiger partial charge < -0.3 is 9.67 Å². The van der Waals surface area contributed by atoms with Crippen LogP contribution in [0.1, 0.15) is 47.2 Å². The minimum atomic E-state index is -1.09. The Labute approximate surface area is 224 Å². The van der Waals surface area contributed by atoms with Crippen molar-refractivity contribution in [2.75, 3.05) is 0 Å². The average Bonchev–Trinajstić information content (AvgIpc) is 3.56. The second-order valence-corrected chi connectivity index (χ2v) is 9.43. The fourth-order valence-electron chi connectivity index (χ4n) is 4.45. The van der Waals surface area contributed by atoms with E-state index < -0.39 is 5.97 Å². The fourth-order valence-corrected chi connectivity index (χ4v) is 4.73. The number of aromatic nitrogens is 7. The summed E-state index contributed by atoms with van der Waals surface area (Å²) in [6.07, 6.45) is 4.34. The fraction of sp³-hybridized carbons (Fsp3) is 0.214. The van der Waals surface area contributed by atoms with Gasteiger partial charge in [-0.05, 0) is 65.1 Å². The molecule has 2 aromatic carbocycles. The van der Waals surface area contributed by atoms with Crippen molar-refractivity contribution in [3.63, 3.8) is 0 Å². The predicted molar refractivity (Wildman–Crippen MR) is 145 cm³/mol. The number of aryl methyl sites for hydroxylation is 2. The summed E-state index contributed by atoms with van der Waals surface area (Å²) in [5, 5.41) is 24.4. The summed E-state index contributed by atoms with van der Waals surface area (Å²) >= 11 is 6.20. The van der Waals surface area contributed by atoms with Gasteiger partial charge in [-0.1, -0.05) is 55.3 Å². The van der Waals surface area contributed by atoms with Crippen LogP contribution in [0.15, 0.2) is 60.8 Å². The zero-order chi connectivity index (χ0) is 26.6. The van der Waals surface area contributed by atoms with Gasteiger partial charge >= 0.3 is 5.97 Å². The summed E-state index contributed by atoms with van der Waals surface area (Å²) < 4.78 is 1.70. The van der Waals surface area contributed by atoms with Crippen molar-refractivity contribution >= 4 is 17.6 Å². The number of aromatic amines is 1. The molecule has 0 fully saturated rings. The Morgan fingerprint density at radius 3 is 2.53 bits per heavy atom. The third kappa shape index (κ3) is 5.19. The van der Waals surface area contributed by atoms with Gasteiger partial charge in [-0.25, -0.2) is 9.78 Å². The summed E-state index contributed by atoms with van der Waals surface area (Å²) in [7, 11) is 0. The number of unbranched alkanes of at least 4 members (excludes halogenated alkanes) is 1. The average molecular weight is 528 g/mol. The minimum Gasteiger partial charge on any atom is -0.476 e. The molecule has 0 unspecified atom stereocenters. The van der Waals surface area contributed by atoms with E-state index >= 15 is 0 Å². The smallest absolute Gasteiger partial charge is 0.355 e. The molecule has 2 N–H and O–H groups in total. The third-order valence-corrected chi connectivity index (χ3v) is 6.65. The monoisotopic (exact) mass is 527 g/mol. The number of nitrogens with zero attached hydrogens (tertiary/aromatic N) is 6. The molecule has 5 rings (SSSR count). The van der Waals surface area contributed by atoms with Crippen LogP contribution >= 0.6 is 11.6 Å². The lowest BCUT2D eigenvalue weighted by atomic mass is 9.94. The van der Waals surface area contributed by atoms with Gasteiger partial charge in [0.2, 0.25) is 5.82 Å². The number of pyridine rings is 1. The van der Waals surface area contributed by atoms with Crippen molar-refractivity contribution in [2.24, 2.45) is 0 Å². The summed E-state index contributed by atoms with van der Waals surface area (Å²) in [6, 6.07) is 18.0. The molecule has 0 aliphatic heterocycles. The van der Waals surface area contributed by atoms with Crippen LogP contribution in [0.25, 0.3) is 33.8 Å². The number of halogens is 1. The van der Waals surface area contributed by atoms with E-state index in [9.17, 15) is 9.90 Å². The number of nitrogens with one attached hydrogen (secondary N) is 1. The number of hydrogen-bond donors (Lipinski definition) is 2. The highest BCUT2D eigenvalue weighted by molar-refractivity contribution is 6.32. The Balaban J connectivity index is 1.52. The molecule has 3 aromatic heterocycles. The first-order chi connectivity index (χ1) is 18.4. The molecule has 0 saturated heterocycles. The van der Waals surface area contributed by atoms with E-state index in [1.807, 2.05) is 55.5 Å². The van der Waals surface area contributed by atoms with Gasteiger partial charge in [0.15, 0.2) is 10.8 Å². The van der Waals surface area contributed by atoms with Gasteiger partial charge in [-0.2, -0.15) is 5.21 Å². The molecule has 10 heteroatoms. The largest absolute Gasteiger partial charge is 0.476 e. The van der Waals surface area contributed by atoms with Gasteiger partial charge in [0, 0.05) is 30.3 Å². The SMILES string of the molecule is CCCCc1nc(Cl)c(C(=O)O)n1Cc1ccc(-c2cc(-c3cc(C)ccn3)ccc2-c2nn[nH]n2)cc1. The first-order valence-electron chi connectivity index (χ1n) is 12.3. The van der Waals surface area contributed by atoms with Gasteiger partial charge in [0.25, 0.3) is 0 Å². The quantitative estimate of drug-likeness (QED) is 0.247. The van der Waals surface area contributed by atoms with Crippen LogP contribution in [0.5, 0.6) is 0 Å². The number of rotatable bonds is 9. The van der Waals surface area contributed by atoms with Gasteiger partial charge in [-0.15, -0.1) is 10.2 Å². The summed E-state index contributed by atoms with van der Waals surface area (Å²) in [5.41, 5.74) is 6.64. The molecular weight excluding hydrogens is 502 g/mol. The van der Waals surface area contributed by atoms with E-state index in [1.54, 1.807) is 10.8 Å². The standard InChI is InChI=1S/C28H26ClN7O2/c1-3-4-5-24-31-26(29)25(28(37)38)36(24)16-18-6-8-19(9-7-18)22-15-20(23-14-17(2)12-13-30-23)10-11-21(22)27-32-34-35-33-27/h6-15H,3-5,16H2,1-2H3,(H,37,38)(H,32,33,34,35). The van der Waals surface area contributed by atoms with Crippen LogP contribution in [-0.4, -0.2) is 46.2 Å². The summed E-state index contributed by atoms with van der Waals surface area (Å²) in [5.74, 6) is 0.0804. The van der Waals surface area contributed by atoms with E-state index in [4.69, 9.17) is 11.6 Å². The molecule has 9 nitrogen and oxygen atoms in total. The molecule has 0 amide bonds. The second kappa shape index (κ2) is 10.9. The number of aromatic carboxylic acids is 1. The van der Waals surface area contributed by atoms with Gasteiger partial charge in [0.1, 0.15) is 5.82 Å². The van der Waals surface area contributed by atoms with Crippen LogP contribution in [-0.2, 0) is 13.0 Å². The molecule has 0 aliphatic rings. The molecule has 0 aliphatic carbocycles. The van der Waals surface area contributed by atoms with E-state index in [2.05, 4.69) is 43.6 Å². The van der Waals surface area contributed by atoms with Crippen molar-refractivity contribution < 1.29 is 9.90 Å². The van der Waals surface area contributed by atoms with Crippen LogP contribution in [0.2, 0.25) is 5.15 Å². The van der Waals surface area contributed by atoms with Gasteiger partial charge in [0.05, 0.1) is 5.69 Å². The zero-order valence-electron chi connectivity index (χ0n) is 21.0. The molecule has 0 radical (unpaired) electrons. The van der Waals surface area contributed by atoms with E-state index in [0.717, 1.165) is 51.9 Å². The van der Waals surface area contributed by atoms with Crippen LogP contribution in [0, 0.1) is 6.92 Å². The molecule has 0 bridgehead atoms. The van der Waals surface area contributed by atoms with Crippen molar-refractivity contribution in [3.05, 3.63) is 88.6 Å². The molecular formula is C28H26ClN7O2. The Morgan fingerprint density at radius 2 is 1.84 bits per heavy atom. The van der Waals surface area contributed by atoms with Crippen molar-refractivity contribution in [1.29, 1.82) is 0 Å². The molecule has 0 saturated carbocycles. The predicted octanol–water partition coefficient (Wildman–Crippen LogP) is 5.84. The first-order valence-corrected chi connectivity index (χ1v) is 12.7. The molecule has 0 spiro atoms.